The smallest absolute Gasteiger partial charge is 0.171 e. The summed E-state index contributed by atoms with van der Waals surface area (Å²) in [5.74, 6) is 1.70. The zero-order valence-electron chi connectivity index (χ0n) is 14.0. The van der Waals surface area contributed by atoms with E-state index in [1.165, 1.54) is 0 Å². The van der Waals surface area contributed by atoms with Crippen molar-refractivity contribution in [3.8, 4) is 17.6 Å². The van der Waals surface area contributed by atoms with Crippen molar-refractivity contribution < 1.29 is 9.47 Å². The Morgan fingerprint density at radius 2 is 1.91 bits per heavy atom. The van der Waals surface area contributed by atoms with Gasteiger partial charge in [0.1, 0.15) is 11.6 Å². The van der Waals surface area contributed by atoms with Gasteiger partial charge in [0.2, 0.25) is 0 Å². The highest BCUT2D eigenvalue weighted by molar-refractivity contribution is 5.66. The van der Waals surface area contributed by atoms with Crippen molar-refractivity contribution >= 4 is 11.5 Å². The molecule has 1 N–H and O–H groups in total. The molecule has 0 amide bonds. The Hall–Kier alpha value is -2.81. The number of ether oxygens (including phenoxy) is 2. The van der Waals surface area contributed by atoms with Gasteiger partial charge in [-0.1, -0.05) is 0 Å². The Labute approximate surface area is 136 Å². The van der Waals surface area contributed by atoms with Gasteiger partial charge in [-0.2, -0.15) is 10.4 Å². The van der Waals surface area contributed by atoms with E-state index in [-0.39, 0.29) is 6.10 Å². The molecule has 0 aliphatic carbocycles. The molecule has 0 radical (unpaired) electrons. The molecule has 0 spiro atoms. The van der Waals surface area contributed by atoms with Crippen molar-refractivity contribution in [2.45, 2.75) is 33.8 Å². The summed E-state index contributed by atoms with van der Waals surface area (Å²) in [5.41, 5.74) is 2.79. The lowest BCUT2D eigenvalue weighted by atomic mass is 10.1. The predicted molar refractivity (Wildman–Crippen MR) is 88.3 cm³/mol. The Morgan fingerprint density at radius 1 is 1.17 bits per heavy atom. The van der Waals surface area contributed by atoms with E-state index >= 15 is 0 Å². The Balaban J connectivity index is 2.35. The third kappa shape index (κ3) is 3.69. The number of nitriles is 1. The number of nitrogens with one attached hydrogen (secondary N) is 1. The molecule has 0 bridgehead atoms. The van der Waals surface area contributed by atoms with Crippen LogP contribution >= 0.6 is 0 Å². The number of aryl methyl sites for hydroxylation is 1. The summed E-state index contributed by atoms with van der Waals surface area (Å²) in [5, 5.41) is 20.6. The van der Waals surface area contributed by atoms with E-state index in [0.717, 1.165) is 16.9 Å². The van der Waals surface area contributed by atoms with Crippen LogP contribution in [0.25, 0.3) is 0 Å². The number of hydrogen-bond acceptors (Lipinski definition) is 6. The van der Waals surface area contributed by atoms with Crippen LogP contribution in [0.15, 0.2) is 18.2 Å². The van der Waals surface area contributed by atoms with E-state index in [1.54, 1.807) is 13.2 Å². The minimum absolute atomic E-state index is 0.0542. The summed E-state index contributed by atoms with van der Waals surface area (Å²) in [6.07, 6.45) is 0.0542. The van der Waals surface area contributed by atoms with Crippen molar-refractivity contribution in [2.75, 3.05) is 12.4 Å². The van der Waals surface area contributed by atoms with E-state index in [0.29, 0.717) is 22.9 Å². The fourth-order valence-electron chi connectivity index (χ4n) is 2.07. The number of hydrogen-bond donors (Lipinski definition) is 1. The van der Waals surface area contributed by atoms with Crippen molar-refractivity contribution in [2.24, 2.45) is 0 Å². The maximum absolute atomic E-state index is 9.34. The molecule has 0 aliphatic heterocycles. The lowest BCUT2D eigenvalue weighted by molar-refractivity contribution is 0.230. The molecule has 120 valence electrons. The van der Waals surface area contributed by atoms with Gasteiger partial charge < -0.3 is 14.8 Å². The predicted octanol–water partition coefficient (Wildman–Crippen LogP) is 3.50. The lowest BCUT2D eigenvalue weighted by Crippen LogP contribution is -2.07. The normalized spacial score (nSPS) is 10.3. The molecule has 1 heterocycles. The van der Waals surface area contributed by atoms with E-state index < -0.39 is 0 Å². The van der Waals surface area contributed by atoms with Crippen molar-refractivity contribution in [1.29, 1.82) is 5.26 Å². The van der Waals surface area contributed by atoms with Crippen LogP contribution in [0.3, 0.4) is 0 Å². The average Bonchev–Trinajstić information content (AvgIpc) is 2.52. The van der Waals surface area contributed by atoms with Crippen molar-refractivity contribution in [3.63, 3.8) is 0 Å². The Kier molecular flexibility index (Phi) is 5.02. The largest absolute Gasteiger partial charge is 0.493 e. The van der Waals surface area contributed by atoms with Gasteiger partial charge in [-0.15, -0.1) is 5.10 Å². The molecule has 6 heteroatoms. The second-order valence-electron chi connectivity index (χ2n) is 5.40. The molecule has 1 aromatic carbocycles. The highest BCUT2D eigenvalue weighted by atomic mass is 16.5. The molecule has 0 unspecified atom stereocenters. The summed E-state index contributed by atoms with van der Waals surface area (Å²) < 4.78 is 11.0. The fourth-order valence-corrected chi connectivity index (χ4v) is 2.07. The SMILES string of the molecule is COc1cc(Nc2nnc(C)c(C)c2C#N)ccc1OC(C)C. The van der Waals surface area contributed by atoms with Gasteiger partial charge in [-0.3, -0.25) is 0 Å². The summed E-state index contributed by atoms with van der Waals surface area (Å²) in [4.78, 5) is 0. The number of benzene rings is 1. The molecule has 0 aliphatic rings. The van der Waals surface area contributed by atoms with Gasteiger partial charge >= 0.3 is 0 Å². The first-order valence-corrected chi connectivity index (χ1v) is 7.32. The molecule has 0 atom stereocenters. The number of nitrogens with zero attached hydrogens (tertiary/aromatic N) is 3. The van der Waals surface area contributed by atoms with Gasteiger partial charge in [0.15, 0.2) is 17.3 Å². The van der Waals surface area contributed by atoms with E-state index in [1.807, 2.05) is 39.8 Å². The van der Waals surface area contributed by atoms with Crippen LogP contribution in [0.2, 0.25) is 0 Å². The van der Waals surface area contributed by atoms with Crippen LogP contribution in [-0.4, -0.2) is 23.4 Å². The molecular weight excluding hydrogens is 292 g/mol. The first kappa shape index (κ1) is 16.6. The number of rotatable bonds is 5. The van der Waals surface area contributed by atoms with Crippen LogP contribution in [0.1, 0.15) is 30.7 Å². The zero-order chi connectivity index (χ0) is 17.0. The molecule has 0 saturated carbocycles. The van der Waals surface area contributed by atoms with Crippen LogP contribution in [0.5, 0.6) is 11.5 Å². The molecule has 1 aromatic heterocycles. The van der Waals surface area contributed by atoms with Gasteiger partial charge in [0, 0.05) is 11.8 Å². The van der Waals surface area contributed by atoms with Gasteiger partial charge in [-0.05, 0) is 45.4 Å². The quantitative estimate of drug-likeness (QED) is 0.910. The minimum Gasteiger partial charge on any atom is -0.493 e. The maximum Gasteiger partial charge on any atom is 0.171 e. The van der Waals surface area contributed by atoms with Gasteiger partial charge in [-0.25, -0.2) is 0 Å². The first-order valence-electron chi connectivity index (χ1n) is 7.32. The molecular formula is C17H20N4O2. The average molecular weight is 312 g/mol. The second kappa shape index (κ2) is 6.97. The highest BCUT2D eigenvalue weighted by Gasteiger charge is 2.13. The highest BCUT2D eigenvalue weighted by Crippen LogP contribution is 2.32. The van der Waals surface area contributed by atoms with Gasteiger partial charge in [0.25, 0.3) is 0 Å². The van der Waals surface area contributed by atoms with E-state index in [4.69, 9.17) is 9.47 Å². The van der Waals surface area contributed by atoms with Crippen LogP contribution < -0.4 is 14.8 Å². The van der Waals surface area contributed by atoms with Crippen LogP contribution in [0, 0.1) is 25.2 Å². The number of aromatic nitrogens is 2. The number of anilines is 2. The summed E-state index contributed by atoms with van der Waals surface area (Å²) in [7, 11) is 1.59. The summed E-state index contributed by atoms with van der Waals surface area (Å²) in [6, 6.07) is 7.64. The van der Waals surface area contributed by atoms with E-state index in [9.17, 15) is 5.26 Å². The lowest BCUT2D eigenvalue weighted by Gasteiger charge is -2.15. The molecule has 23 heavy (non-hydrogen) atoms. The Morgan fingerprint density at radius 3 is 2.52 bits per heavy atom. The van der Waals surface area contributed by atoms with Crippen molar-refractivity contribution in [3.05, 3.63) is 35.0 Å². The monoisotopic (exact) mass is 312 g/mol. The topological polar surface area (TPSA) is 80.1 Å². The fraction of sp³-hybridized carbons (Fsp3) is 0.353. The molecule has 6 nitrogen and oxygen atoms in total. The zero-order valence-corrected chi connectivity index (χ0v) is 14.0. The van der Waals surface area contributed by atoms with Crippen LogP contribution in [-0.2, 0) is 0 Å². The minimum atomic E-state index is 0.0542. The van der Waals surface area contributed by atoms with E-state index in [2.05, 4.69) is 21.6 Å². The summed E-state index contributed by atoms with van der Waals surface area (Å²) >= 11 is 0. The molecule has 0 saturated heterocycles. The summed E-state index contributed by atoms with van der Waals surface area (Å²) in [6.45, 7) is 7.59. The number of methoxy groups -OCH3 is 1. The standard InChI is InChI=1S/C17H20N4O2/c1-10(2)23-15-7-6-13(8-16(15)22-5)19-17-14(9-18)11(3)12(4)20-21-17/h6-8,10H,1-5H3,(H,19,21). The van der Waals surface area contributed by atoms with Crippen LogP contribution in [0.4, 0.5) is 11.5 Å². The second-order valence-corrected chi connectivity index (χ2v) is 5.40. The first-order chi connectivity index (χ1) is 11.0. The molecule has 2 aromatic rings. The maximum atomic E-state index is 9.34. The van der Waals surface area contributed by atoms with Gasteiger partial charge in [0.05, 0.1) is 18.9 Å². The molecule has 2 rings (SSSR count). The van der Waals surface area contributed by atoms with Crippen molar-refractivity contribution in [1.82, 2.24) is 10.2 Å². The molecule has 0 fully saturated rings. The third-order valence-electron chi connectivity index (χ3n) is 3.36. The third-order valence-corrected chi connectivity index (χ3v) is 3.36. The Bertz CT molecular complexity index is 751.